The first-order valence-corrected chi connectivity index (χ1v) is 6.75. The Balaban J connectivity index is 2.25. The van der Waals surface area contributed by atoms with Gasteiger partial charge in [-0.2, -0.15) is 0 Å². The normalized spacial score (nSPS) is 11.4. The van der Waals surface area contributed by atoms with Crippen LogP contribution in [0.3, 0.4) is 0 Å². The first-order chi connectivity index (χ1) is 9.56. The molecule has 0 spiro atoms. The molecule has 3 rings (SSSR count). The maximum atomic E-state index is 5.86. The summed E-state index contributed by atoms with van der Waals surface area (Å²) in [7, 11) is 2.04. The van der Waals surface area contributed by atoms with Gasteiger partial charge in [0.05, 0.1) is 5.69 Å². The molecule has 2 N–H and O–H groups in total. The summed E-state index contributed by atoms with van der Waals surface area (Å²) in [6, 6.07) is 10.4. The lowest BCUT2D eigenvalue weighted by atomic mass is 10.0. The van der Waals surface area contributed by atoms with Gasteiger partial charge >= 0.3 is 0 Å². The highest BCUT2D eigenvalue weighted by Crippen LogP contribution is 2.29. The van der Waals surface area contributed by atoms with E-state index in [0.29, 0.717) is 11.9 Å². The van der Waals surface area contributed by atoms with Gasteiger partial charge in [0.2, 0.25) is 5.95 Å². The van der Waals surface area contributed by atoms with Crippen LogP contribution in [0, 0.1) is 0 Å². The maximum absolute atomic E-state index is 5.86. The Labute approximate surface area is 118 Å². The number of hydrogen-bond donors (Lipinski definition) is 1. The van der Waals surface area contributed by atoms with Crippen molar-refractivity contribution in [2.75, 3.05) is 5.73 Å². The van der Waals surface area contributed by atoms with Gasteiger partial charge in [-0.25, -0.2) is 9.97 Å². The van der Waals surface area contributed by atoms with E-state index in [1.807, 2.05) is 19.2 Å². The standard InChI is InChI=1S/C16H18N4/c1-10(2)13-9-14(19-16(17)18-13)11-5-4-6-15-12(11)7-8-20(15)3/h4-10H,1-3H3,(H2,17,18,19). The third-order valence-electron chi connectivity index (χ3n) is 3.56. The fourth-order valence-corrected chi connectivity index (χ4v) is 2.44. The van der Waals surface area contributed by atoms with Gasteiger partial charge in [-0.15, -0.1) is 0 Å². The van der Waals surface area contributed by atoms with Gasteiger partial charge in [-0.1, -0.05) is 26.0 Å². The number of anilines is 1. The van der Waals surface area contributed by atoms with Crippen molar-refractivity contribution in [3.05, 3.63) is 42.2 Å². The summed E-state index contributed by atoms with van der Waals surface area (Å²) in [5.41, 5.74) is 10.00. The first kappa shape index (κ1) is 12.7. The molecule has 3 aromatic rings. The topological polar surface area (TPSA) is 56.7 Å². The summed E-state index contributed by atoms with van der Waals surface area (Å²) in [6.07, 6.45) is 2.06. The molecular formula is C16H18N4. The van der Waals surface area contributed by atoms with Crippen molar-refractivity contribution in [2.24, 2.45) is 7.05 Å². The molecule has 0 radical (unpaired) electrons. The van der Waals surface area contributed by atoms with Crippen LogP contribution >= 0.6 is 0 Å². The van der Waals surface area contributed by atoms with Crippen LogP contribution in [0.15, 0.2) is 36.5 Å². The smallest absolute Gasteiger partial charge is 0.220 e. The summed E-state index contributed by atoms with van der Waals surface area (Å²) in [6.45, 7) is 4.21. The van der Waals surface area contributed by atoms with E-state index >= 15 is 0 Å². The molecule has 0 bridgehead atoms. The van der Waals surface area contributed by atoms with Crippen LogP contribution in [0.4, 0.5) is 5.95 Å². The molecule has 0 atom stereocenters. The largest absolute Gasteiger partial charge is 0.368 e. The van der Waals surface area contributed by atoms with Crippen molar-refractivity contribution < 1.29 is 0 Å². The Morgan fingerprint density at radius 3 is 2.70 bits per heavy atom. The average Bonchev–Trinajstić information content (AvgIpc) is 2.80. The van der Waals surface area contributed by atoms with E-state index in [-0.39, 0.29) is 0 Å². The zero-order chi connectivity index (χ0) is 14.3. The van der Waals surface area contributed by atoms with Crippen molar-refractivity contribution in [2.45, 2.75) is 19.8 Å². The number of nitrogens with zero attached hydrogens (tertiary/aromatic N) is 3. The predicted molar refractivity (Wildman–Crippen MR) is 82.4 cm³/mol. The number of rotatable bonds is 2. The zero-order valence-electron chi connectivity index (χ0n) is 12.0. The fraction of sp³-hybridized carbons (Fsp3) is 0.250. The maximum Gasteiger partial charge on any atom is 0.220 e. The summed E-state index contributed by atoms with van der Waals surface area (Å²) in [5, 5.41) is 1.18. The van der Waals surface area contributed by atoms with Crippen molar-refractivity contribution >= 4 is 16.9 Å². The van der Waals surface area contributed by atoms with E-state index in [2.05, 4.69) is 52.8 Å². The second kappa shape index (κ2) is 4.63. The summed E-state index contributed by atoms with van der Waals surface area (Å²) in [4.78, 5) is 8.71. The van der Waals surface area contributed by atoms with Crippen LogP contribution < -0.4 is 5.73 Å². The molecule has 4 nitrogen and oxygen atoms in total. The Kier molecular flexibility index (Phi) is 2.93. The van der Waals surface area contributed by atoms with E-state index in [1.165, 1.54) is 10.9 Å². The lowest BCUT2D eigenvalue weighted by Crippen LogP contribution is -2.02. The van der Waals surface area contributed by atoms with Crippen LogP contribution in [0.25, 0.3) is 22.2 Å². The summed E-state index contributed by atoms with van der Waals surface area (Å²) in [5.74, 6) is 0.660. The van der Waals surface area contributed by atoms with Crippen LogP contribution in [0.1, 0.15) is 25.5 Å². The number of hydrogen-bond acceptors (Lipinski definition) is 3. The van der Waals surface area contributed by atoms with E-state index in [4.69, 9.17) is 5.73 Å². The predicted octanol–water partition coefficient (Wildman–Crippen LogP) is 3.34. The van der Waals surface area contributed by atoms with Crippen molar-refractivity contribution in [1.29, 1.82) is 0 Å². The van der Waals surface area contributed by atoms with Crippen molar-refractivity contribution in [3.63, 3.8) is 0 Å². The molecular weight excluding hydrogens is 248 g/mol. The number of nitrogen functional groups attached to an aromatic ring is 1. The highest BCUT2D eigenvalue weighted by atomic mass is 15.0. The zero-order valence-corrected chi connectivity index (χ0v) is 12.0. The minimum atomic E-state index is 0.328. The highest BCUT2D eigenvalue weighted by Gasteiger charge is 2.11. The molecule has 20 heavy (non-hydrogen) atoms. The van der Waals surface area contributed by atoms with Crippen molar-refractivity contribution in [1.82, 2.24) is 14.5 Å². The summed E-state index contributed by atoms with van der Waals surface area (Å²) >= 11 is 0. The molecule has 0 amide bonds. The van der Waals surface area contributed by atoms with E-state index in [9.17, 15) is 0 Å². The minimum Gasteiger partial charge on any atom is -0.368 e. The Morgan fingerprint density at radius 1 is 1.15 bits per heavy atom. The van der Waals surface area contributed by atoms with Crippen LogP contribution in [0.5, 0.6) is 0 Å². The van der Waals surface area contributed by atoms with Gasteiger partial charge in [0.1, 0.15) is 0 Å². The van der Waals surface area contributed by atoms with Gasteiger partial charge < -0.3 is 10.3 Å². The van der Waals surface area contributed by atoms with Crippen LogP contribution in [-0.2, 0) is 7.05 Å². The molecule has 102 valence electrons. The number of aryl methyl sites for hydroxylation is 1. The molecule has 1 aromatic carbocycles. The lowest BCUT2D eigenvalue weighted by Gasteiger charge is -2.09. The van der Waals surface area contributed by atoms with Gasteiger partial charge in [0.25, 0.3) is 0 Å². The molecule has 2 aromatic heterocycles. The highest BCUT2D eigenvalue weighted by molar-refractivity contribution is 5.94. The molecule has 4 heteroatoms. The second-order valence-electron chi connectivity index (χ2n) is 5.36. The van der Waals surface area contributed by atoms with Gasteiger partial charge in [0.15, 0.2) is 0 Å². The SMILES string of the molecule is CC(C)c1cc(-c2cccc3c2ccn3C)nc(N)n1. The lowest BCUT2D eigenvalue weighted by molar-refractivity contribution is 0.819. The van der Waals surface area contributed by atoms with E-state index < -0.39 is 0 Å². The van der Waals surface area contributed by atoms with E-state index in [1.54, 1.807) is 0 Å². The number of benzene rings is 1. The number of nitrogens with two attached hydrogens (primary N) is 1. The third-order valence-corrected chi connectivity index (χ3v) is 3.56. The number of aromatic nitrogens is 3. The van der Waals surface area contributed by atoms with Gasteiger partial charge in [-0.05, 0) is 24.1 Å². The molecule has 0 saturated carbocycles. The molecule has 0 aliphatic rings. The molecule has 2 heterocycles. The number of fused-ring (bicyclic) bond motifs is 1. The van der Waals surface area contributed by atoms with Gasteiger partial charge in [0, 0.05) is 35.4 Å². The van der Waals surface area contributed by atoms with Crippen LogP contribution in [0.2, 0.25) is 0 Å². The molecule has 0 saturated heterocycles. The van der Waals surface area contributed by atoms with Gasteiger partial charge in [-0.3, -0.25) is 0 Å². The van der Waals surface area contributed by atoms with Crippen LogP contribution in [-0.4, -0.2) is 14.5 Å². The van der Waals surface area contributed by atoms with Crippen molar-refractivity contribution in [3.8, 4) is 11.3 Å². The molecule has 0 aliphatic carbocycles. The molecule has 0 unspecified atom stereocenters. The molecule has 0 aliphatic heterocycles. The second-order valence-corrected chi connectivity index (χ2v) is 5.36. The first-order valence-electron chi connectivity index (χ1n) is 6.75. The average molecular weight is 266 g/mol. The summed E-state index contributed by atoms with van der Waals surface area (Å²) < 4.78 is 2.10. The third kappa shape index (κ3) is 2.03. The minimum absolute atomic E-state index is 0.328. The van der Waals surface area contributed by atoms with E-state index in [0.717, 1.165) is 17.0 Å². The Morgan fingerprint density at radius 2 is 1.95 bits per heavy atom. The Hall–Kier alpha value is -2.36. The monoisotopic (exact) mass is 266 g/mol. The Bertz CT molecular complexity index is 771. The molecule has 0 fully saturated rings. The quantitative estimate of drug-likeness (QED) is 0.774. The fourth-order valence-electron chi connectivity index (χ4n) is 2.44.